The van der Waals surface area contributed by atoms with Crippen LogP contribution in [0.5, 0.6) is 0 Å². The van der Waals surface area contributed by atoms with Gasteiger partial charge in [-0.25, -0.2) is 0 Å². The van der Waals surface area contributed by atoms with Crippen molar-refractivity contribution in [1.82, 2.24) is 0 Å². The Morgan fingerprint density at radius 3 is 1.94 bits per heavy atom. The number of rotatable bonds is 3. The summed E-state index contributed by atoms with van der Waals surface area (Å²) in [6.07, 6.45) is -1.14. The van der Waals surface area contributed by atoms with E-state index in [0.717, 1.165) is 5.56 Å². The van der Waals surface area contributed by atoms with Crippen LogP contribution in [0.2, 0.25) is 0 Å². The van der Waals surface area contributed by atoms with Gasteiger partial charge in [-0.05, 0) is 11.0 Å². The van der Waals surface area contributed by atoms with Crippen molar-refractivity contribution in [2.75, 3.05) is 0 Å². The smallest absolute Gasteiger partial charge is 0.0840 e. The highest BCUT2D eigenvalue weighted by Crippen LogP contribution is 2.32. The zero-order chi connectivity index (χ0) is 12.3. The quantitative estimate of drug-likeness (QED) is 0.825. The van der Waals surface area contributed by atoms with Gasteiger partial charge in [0, 0.05) is 5.92 Å². The van der Waals surface area contributed by atoms with Crippen LogP contribution in [-0.4, -0.2) is 16.3 Å². The topological polar surface area (TPSA) is 40.5 Å². The van der Waals surface area contributed by atoms with Crippen molar-refractivity contribution in [1.29, 1.82) is 0 Å². The van der Waals surface area contributed by atoms with Crippen LogP contribution in [-0.2, 0) is 0 Å². The summed E-state index contributed by atoms with van der Waals surface area (Å²) in [6.45, 7) is 7.82. The molecule has 2 nitrogen and oxygen atoms in total. The first-order valence-corrected chi connectivity index (χ1v) is 5.75. The van der Waals surface area contributed by atoms with Crippen molar-refractivity contribution in [3.05, 3.63) is 35.9 Å². The Hall–Kier alpha value is -0.860. The Balaban J connectivity index is 2.79. The van der Waals surface area contributed by atoms with Gasteiger partial charge in [0.05, 0.1) is 12.2 Å². The molecule has 0 aromatic heterocycles. The second-order valence-electron chi connectivity index (χ2n) is 5.53. The lowest BCUT2D eigenvalue weighted by Crippen LogP contribution is -2.35. The predicted molar refractivity (Wildman–Crippen MR) is 66.0 cm³/mol. The van der Waals surface area contributed by atoms with E-state index in [2.05, 4.69) is 0 Å². The minimum absolute atomic E-state index is 0.178. The highest BCUT2D eigenvalue weighted by atomic mass is 16.3. The average Bonchev–Trinajstić information content (AvgIpc) is 2.26. The van der Waals surface area contributed by atoms with Gasteiger partial charge in [-0.1, -0.05) is 58.0 Å². The fraction of sp³-hybridized carbons (Fsp3) is 0.571. The molecule has 16 heavy (non-hydrogen) atoms. The molecular formula is C14H22O2. The van der Waals surface area contributed by atoms with Gasteiger partial charge in [0.2, 0.25) is 0 Å². The van der Waals surface area contributed by atoms with Crippen LogP contribution in [0.15, 0.2) is 30.3 Å². The number of benzene rings is 1. The summed E-state index contributed by atoms with van der Waals surface area (Å²) in [7, 11) is 0. The minimum Gasteiger partial charge on any atom is -0.392 e. The van der Waals surface area contributed by atoms with E-state index in [9.17, 15) is 10.2 Å². The van der Waals surface area contributed by atoms with Crippen LogP contribution in [0.25, 0.3) is 0 Å². The monoisotopic (exact) mass is 222 g/mol. The van der Waals surface area contributed by atoms with E-state index < -0.39 is 12.2 Å². The lowest BCUT2D eigenvalue weighted by molar-refractivity contribution is -0.0369. The molecule has 0 amide bonds. The maximum absolute atomic E-state index is 10.2. The number of hydrogen-bond donors (Lipinski definition) is 2. The lowest BCUT2D eigenvalue weighted by Gasteiger charge is -2.33. The fourth-order valence-electron chi connectivity index (χ4n) is 1.92. The molecule has 0 radical (unpaired) electrons. The van der Waals surface area contributed by atoms with E-state index in [1.54, 1.807) is 0 Å². The summed E-state index contributed by atoms with van der Waals surface area (Å²) >= 11 is 0. The fourth-order valence-corrected chi connectivity index (χ4v) is 1.92. The molecule has 0 aliphatic heterocycles. The van der Waals surface area contributed by atoms with Crippen molar-refractivity contribution in [2.24, 2.45) is 11.3 Å². The van der Waals surface area contributed by atoms with Gasteiger partial charge in [-0.15, -0.1) is 0 Å². The second kappa shape index (κ2) is 4.98. The first-order chi connectivity index (χ1) is 7.34. The van der Waals surface area contributed by atoms with Crippen molar-refractivity contribution < 1.29 is 10.2 Å². The second-order valence-corrected chi connectivity index (χ2v) is 5.53. The molecule has 0 bridgehead atoms. The van der Waals surface area contributed by atoms with Crippen LogP contribution >= 0.6 is 0 Å². The molecule has 2 N–H and O–H groups in total. The Kier molecular flexibility index (Phi) is 4.11. The highest BCUT2D eigenvalue weighted by Gasteiger charge is 2.32. The molecule has 0 aliphatic rings. The van der Waals surface area contributed by atoms with Crippen LogP contribution in [0.1, 0.15) is 39.4 Å². The summed E-state index contributed by atoms with van der Waals surface area (Å²) in [5.41, 5.74) is 0.646. The van der Waals surface area contributed by atoms with Crippen molar-refractivity contribution in [2.45, 2.75) is 39.9 Å². The number of hydrogen-bond acceptors (Lipinski definition) is 2. The van der Waals surface area contributed by atoms with Gasteiger partial charge in [0.15, 0.2) is 0 Å². The van der Waals surface area contributed by atoms with E-state index in [1.165, 1.54) is 0 Å². The summed E-state index contributed by atoms with van der Waals surface area (Å²) in [6, 6.07) is 9.48. The van der Waals surface area contributed by atoms with E-state index in [1.807, 2.05) is 58.0 Å². The third-order valence-corrected chi connectivity index (χ3v) is 3.02. The molecule has 1 aromatic rings. The Bertz CT molecular complexity index is 313. The summed E-state index contributed by atoms with van der Waals surface area (Å²) in [5.74, 6) is -0.178. The standard InChI is InChI=1S/C14H22O2/c1-10(13(16)14(2,3)4)12(15)11-8-6-5-7-9-11/h5-10,12-13,15-16H,1-4H3/t10-,12-,13+/m1/s1. The maximum Gasteiger partial charge on any atom is 0.0840 e. The van der Waals surface area contributed by atoms with Crippen LogP contribution in [0.4, 0.5) is 0 Å². The largest absolute Gasteiger partial charge is 0.392 e. The van der Waals surface area contributed by atoms with Gasteiger partial charge < -0.3 is 10.2 Å². The van der Waals surface area contributed by atoms with Crippen molar-refractivity contribution in [3.8, 4) is 0 Å². The molecule has 0 saturated heterocycles. The molecule has 0 unspecified atom stereocenters. The Morgan fingerprint density at radius 1 is 1.00 bits per heavy atom. The van der Waals surface area contributed by atoms with E-state index in [4.69, 9.17) is 0 Å². The van der Waals surface area contributed by atoms with Gasteiger partial charge >= 0.3 is 0 Å². The third-order valence-electron chi connectivity index (χ3n) is 3.02. The summed E-state index contributed by atoms with van der Waals surface area (Å²) in [4.78, 5) is 0. The molecule has 0 spiro atoms. The van der Waals surface area contributed by atoms with Gasteiger partial charge in [0.1, 0.15) is 0 Å². The molecule has 1 aromatic carbocycles. The SMILES string of the molecule is C[C@H]([C@@H](O)c1ccccc1)[C@H](O)C(C)(C)C. The number of aliphatic hydroxyl groups excluding tert-OH is 2. The van der Waals surface area contributed by atoms with Crippen LogP contribution in [0, 0.1) is 11.3 Å². The lowest BCUT2D eigenvalue weighted by atomic mass is 9.78. The molecular weight excluding hydrogens is 200 g/mol. The number of aliphatic hydroxyl groups is 2. The Morgan fingerprint density at radius 2 is 1.50 bits per heavy atom. The molecule has 0 saturated carbocycles. The third kappa shape index (κ3) is 3.06. The zero-order valence-electron chi connectivity index (χ0n) is 10.5. The van der Waals surface area contributed by atoms with Gasteiger partial charge in [0.25, 0.3) is 0 Å². The zero-order valence-corrected chi connectivity index (χ0v) is 10.5. The van der Waals surface area contributed by atoms with E-state index in [0.29, 0.717) is 0 Å². The van der Waals surface area contributed by atoms with E-state index >= 15 is 0 Å². The molecule has 0 fully saturated rings. The van der Waals surface area contributed by atoms with Crippen molar-refractivity contribution >= 4 is 0 Å². The highest BCUT2D eigenvalue weighted by molar-refractivity contribution is 5.18. The van der Waals surface area contributed by atoms with E-state index in [-0.39, 0.29) is 11.3 Å². The molecule has 0 heterocycles. The first kappa shape index (κ1) is 13.2. The molecule has 1 rings (SSSR count). The predicted octanol–water partition coefficient (Wildman–Crippen LogP) is 2.76. The van der Waals surface area contributed by atoms with Gasteiger partial charge in [-0.3, -0.25) is 0 Å². The van der Waals surface area contributed by atoms with Gasteiger partial charge in [-0.2, -0.15) is 0 Å². The molecule has 3 atom stereocenters. The normalized spacial score (nSPS) is 17.9. The Labute approximate surface area is 97.9 Å². The summed E-state index contributed by atoms with van der Waals surface area (Å²) in [5, 5.41) is 20.3. The van der Waals surface area contributed by atoms with Crippen LogP contribution < -0.4 is 0 Å². The summed E-state index contributed by atoms with van der Waals surface area (Å²) < 4.78 is 0. The van der Waals surface area contributed by atoms with Crippen molar-refractivity contribution in [3.63, 3.8) is 0 Å². The average molecular weight is 222 g/mol. The minimum atomic E-state index is -0.615. The maximum atomic E-state index is 10.2. The molecule has 0 aliphatic carbocycles. The van der Waals surface area contributed by atoms with Crippen LogP contribution in [0.3, 0.4) is 0 Å². The first-order valence-electron chi connectivity index (χ1n) is 5.75. The molecule has 90 valence electrons. The molecule has 2 heteroatoms.